The Kier molecular flexibility index (Phi) is 8.16. The fourth-order valence-electron chi connectivity index (χ4n) is 5.12. The lowest BCUT2D eigenvalue weighted by Gasteiger charge is -2.25. The summed E-state index contributed by atoms with van der Waals surface area (Å²) in [5, 5.41) is 6.79. The van der Waals surface area contributed by atoms with E-state index in [-0.39, 0.29) is 24.2 Å². The number of imidazole rings is 1. The number of amides is 1. The minimum absolute atomic E-state index is 0.0420. The molecule has 1 aliphatic rings. The van der Waals surface area contributed by atoms with E-state index in [0.29, 0.717) is 38.4 Å². The highest BCUT2D eigenvalue weighted by Gasteiger charge is 2.30. The van der Waals surface area contributed by atoms with Gasteiger partial charge >= 0.3 is 5.97 Å². The number of aromatic nitrogens is 2. The van der Waals surface area contributed by atoms with E-state index in [2.05, 4.69) is 32.7 Å². The van der Waals surface area contributed by atoms with E-state index < -0.39 is 5.60 Å². The molecule has 1 aliphatic heterocycles. The molecule has 0 radical (unpaired) electrons. The van der Waals surface area contributed by atoms with Gasteiger partial charge < -0.3 is 25.3 Å². The van der Waals surface area contributed by atoms with Crippen molar-refractivity contribution in [3.63, 3.8) is 0 Å². The zero-order valence-corrected chi connectivity index (χ0v) is 23.4. The van der Waals surface area contributed by atoms with E-state index in [1.807, 2.05) is 86.3 Å². The number of hydrogen-bond acceptors (Lipinski definition) is 6. The zero-order valence-electron chi connectivity index (χ0n) is 23.4. The van der Waals surface area contributed by atoms with Gasteiger partial charge in [0.25, 0.3) is 0 Å². The van der Waals surface area contributed by atoms with Gasteiger partial charge in [0.2, 0.25) is 11.9 Å². The highest BCUT2D eigenvalue weighted by Crippen LogP contribution is 2.37. The fraction of sp³-hybridized carbons (Fsp3) is 0.344. The number of para-hydroxylation sites is 3. The van der Waals surface area contributed by atoms with Crippen LogP contribution in [-0.2, 0) is 20.9 Å². The van der Waals surface area contributed by atoms with Gasteiger partial charge in [-0.2, -0.15) is 0 Å². The van der Waals surface area contributed by atoms with Gasteiger partial charge in [0.15, 0.2) is 0 Å². The molecule has 3 aromatic carbocycles. The van der Waals surface area contributed by atoms with Crippen LogP contribution in [-0.4, -0.2) is 40.5 Å². The molecule has 0 saturated heterocycles. The van der Waals surface area contributed by atoms with Gasteiger partial charge in [0, 0.05) is 37.4 Å². The Labute approximate surface area is 235 Å². The van der Waals surface area contributed by atoms with Crippen LogP contribution >= 0.6 is 0 Å². The van der Waals surface area contributed by atoms with Crippen molar-refractivity contribution in [1.82, 2.24) is 15.3 Å². The predicted octanol–water partition coefficient (Wildman–Crippen LogP) is 6.04. The molecule has 1 atom stereocenters. The molecule has 1 amide bonds. The van der Waals surface area contributed by atoms with E-state index in [9.17, 15) is 9.59 Å². The Morgan fingerprint density at radius 3 is 2.58 bits per heavy atom. The summed E-state index contributed by atoms with van der Waals surface area (Å²) in [4.78, 5) is 35.4. The number of H-pyrrole nitrogens is 1. The van der Waals surface area contributed by atoms with Gasteiger partial charge in [-0.05, 0) is 74.6 Å². The molecule has 5 rings (SSSR count). The van der Waals surface area contributed by atoms with Gasteiger partial charge in [0.1, 0.15) is 5.60 Å². The molecule has 0 bridgehead atoms. The van der Waals surface area contributed by atoms with Crippen molar-refractivity contribution in [3.05, 3.63) is 83.9 Å². The minimum Gasteiger partial charge on any atom is -0.460 e. The Balaban J connectivity index is 1.16. The number of anilines is 3. The normalized spacial score (nSPS) is 15.5. The fourth-order valence-corrected chi connectivity index (χ4v) is 5.12. The number of hydrogen-bond donors (Lipinski definition) is 3. The molecular weight excluding hydrogens is 502 g/mol. The summed E-state index contributed by atoms with van der Waals surface area (Å²) in [5.41, 5.74) is 5.42. The summed E-state index contributed by atoms with van der Waals surface area (Å²) in [6, 6.07) is 24.1. The van der Waals surface area contributed by atoms with Crippen molar-refractivity contribution in [1.29, 1.82) is 0 Å². The molecule has 8 heteroatoms. The van der Waals surface area contributed by atoms with Gasteiger partial charge in [-0.15, -0.1) is 0 Å². The maximum atomic E-state index is 13.1. The van der Waals surface area contributed by atoms with E-state index >= 15 is 0 Å². The first-order chi connectivity index (χ1) is 19.2. The maximum Gasteiger partial charge on any atom is 0.306 e. The number of nitrogens with one attached hydrogen (secondary N) is 3. The van der Waals surface area contributed by atoms with Crippen LogP contribution in [0.4, 0.5) is 17.3 Å². The maximum absolute atomic E-state index is 13.1. The van der Waals surface area contributed by atoms with Crippen LogP contribution in [0.1, 0.15) is 57.1 Å². The molecule has 0 aliphatic carbocycles. The third-order valence-electron chi connectivity index (χ3n) is 6.96. The number of carbonyl (C=O) groups is 2. The monoisotopic (exact) mass is 539 g/mol. The Morgan fingerprint density at radius 2 is 1.80 bits per heavy atom. The van der Waals surface area contributed by atoms with Crippen LogP contribution < -0.4 is 15.5 Å². The first-order valence-electron chi connectivity index (χ1n) is 13.9. The van der Waals surface area contributed by atoms with Crippen LogP contribution in [0.3, 0.4) is 0 Å². The summed E-state index contributed by atoms with van der Waals surface area (Å²) in [5.74, 6) is 0.526. The number of fused-ring (bicyclic) bond motifs is 2. The third-order valence-corrected chi connectivity index (χ3v) is 6.96. The summed E-state index contributed by atoms with van der Waals surface area (Å²) in [7, 11) is 0. The Bertz CT molecular complexity index is 1440. The molecule has 0 spiro atoms. The van der Waals surface area contributed by atoms with Gasteiger partial charge in [0.05, 0.1) is 17.5 Å². The van der Waals surface area contributed by atoms with Crippen LogP contribution in [0.5, 0.6) is 0 Å². The lowest BCUT2D eigenvalue weighted by Crippen LogP contribution is -2.36. The van der Waals surface area contributed by atoms with Gasteiger partial charge in [-0.25, -0.2) is 4.98 Å². The number of carbonyl (C=O) groups excluding carboxylic acids is 2. The van der Waals surface area contributed by atoms with Crippen LogP contribution in [0.25, 0.3) is 11.0 Å². The first kappa shape index (κ1) is 27.4. The molecule has 208 valence electrons. The molecular formula is C32H37N5O3. The van der Waals surface area contributed by atoms with E-state index in [1.54, 1.807) is 0 Å². The van der Waals surface area contributed by atoms with Crippen molar-refractivity contribution in [2.75, 3.05) is 23.3 Å². The summed E-state index contributed by atoms with van der Waals surface area (Å²) in [6.45, 7) is 7.51. The number of benzene rings is 3. The second kappa shape index (κ2) is 11.9. The highest BCUT2D eigenvalue weighted by atomic mass is 16.6. The van der Waals surface area contributed by atoms with Gasteiger partial charge in [-0.3, -0.25) is 9.59 Å². The standard InChI is InChI=1S/C32H37N5O3/c1-32(2,3)40-30(39)20-23-14-17-29(38)37(28-11-7-4-8-25(23)28)19-18-33-21-22-12-15-24(16-13-22)34-31-35-26-9-5-6-10-27(26)36-31/h4-13,15-16,23,33H,14,17-21H2,1-3H3,(H2,34,35,36). The van der Waals surface area contributed by atoms with Crippen LogP contribution in [0, 0.1) is 0 Å². The topological polar surface area (TPSA) is 99.3 Å². The van der Waals surface area contributed by atoms with Crippen molar-refractivity contribution in [2.24, 2.45) is 0 Å². The molecule has 4 aromatic rings. The van der Waals surface area contributed by atoms with Crippen molar-refractivity contribution < 1.29 is 14.3 Å². The molecule has 40 heavy (non-hydrogen) atoms. The Morgan fingerprint density at radius 1 is 1.05 bits per heavy atom. The molecule has 1 unspecified atom stereocenters. The number of nitrogens with zero attached hydrogens (tertiary/aromatic N) is 2. The average Bonchev–Trinajstić information content (AvgIpc) is 3.28. The molecule has 8 nitrogen and oxygen atoms in total. The summed E-state index contributed by atoms with van der Waals surface area (Å²) >= 11 is 0. The van der Waals surface area contributed by atoms with Crippen LogP contribution in [0.2, 0.25) is 0 Å². The first-order valence-corrected chi connectivity index (χ1v) is 13.9. The second-order valence-corrected chi connectivity index (χ2v) is 11.2. The predicted molar refractivity (Wildman–Crippen MR) is 159 cm³/mol. The third kappa shape index (κ3) is 6.87. The van der Waals surface area contributed by atoms with Crippen molar-refractivity contribution in [2.45, 2.75) is 58.1 Å². The van der Waals surface area contributed by atoms with E-state index in [0.717, 1.165) is 33.5 Å². The van der Waals surface area contributed by atoms with Crippen molar-refractivity contribution in [3.8, 4) is 0 Å². The SMILES string of the molecule is CC(C)(C)OC(=O)CC1CCC(=O)N(CCNCc2ccc(Nc3nc4ccccc4[nH]3)cc2)c2ccccc21. The summed E-state index contributed by atoms with van der Waals surface area (Å²) in [6.07, 6.45) is 1.31. The lowest BCUT2D eigenvalue weighted by atomic mass is 9.91. The number of ether oxygens (including phenoxy) is 1. The average molecular weight is 540 g/mol. The van der Waals surface area contributed by atoms with E-state index in [4.69, 9.17) is 4.74 Å². The molecule has 0 fully saturated rings. The van der Waals surface area contributed by atoms with Gasteiger partial charge in [-0.1, -0.05) is 42.5 Å². The molecule has 1 aromatic heterocycles. The lowest BCUT2D eigenvalue weighted by molar-refractivity contribution is -0.155. The smallest absolute Gasteiger partial charge is 0.306 e. The quantitative estimate of drug-likeness (QED) is 0.177. The largest absolute Gasteiger partial charge is 0.460 e. The van der Waals surface area contributed by atoms with E-state index in [1.165, 1.54) is 0 Å². The van der Waals surface area contributed by atoms with Crippen molar-refractivity contribution >= 4 is 40.2 Å². The zero-order chi connectivity index (χ0) is 28.1. The number of aromatic amines is 1. The summed E-state index contributed by atoms with van der Waals surface area (Å²) < 4.78 is 5.56. The number of rotatable bonds is 9. The molecule has 0 saturated carbocycles. The van der Waals surface area contributed by atoms with Crippen LogP contribution in [0.15, 0.2) is 72.8 Å². The minimum atomic E-state index is -0.528. The highest BCUT2D eigenvalue weighted by molar-refractivity contribution is 5.95. The molecule has 3 N–H and O–H groups in total. The number of esters is 1. The Hall–Kier alpha value is -4.17. The molecule has 2 heterocycles. The second-order valence-electron chi connectivity index (χ2n) is 11.2.